The van der Waals surface area contributed by atoms with Crippen molar-refractivity contribution in [1.82, 2.24) is 9.21 Å². The molecule has 0 amide bonds. The summed E-state index contributed by atoms with van der Waals surface area (Å²) in [4.78, 5) is 2.35. The van der Waals surface area contributed by atoms with Crippen LogP contribution in [0.25, 0.3) is 0 Å². The molecule has 0 aliphatic carbocycles. The second-order valence-electron chi connectivity index (χ2n) is 7.01. The van der Waals surface area contributed by atoms with Gasteiger partial charge in [-0.1, -0.05) is 54.6 Å². The summed E-state index contributed by atoms with van der Waals surface area (Å²) in [6.07, 6.45) is 1.49. The standard InChI is InChI=1S/C21H28N2O2S/c1-19-8-5-6-12-21(19)18-22-13-15-23(16-14-22)26(24,25)17-7-11-20-9-3-2-4-10-20/h2-6,8-10,12H,7,11,13-18H2,1H3. The Labute approximate surface area is 157 Å². The maximum Gasteiger partial charge on any atom is 0.214 e. The van der Waals surface area contributed by atoms with Crippen LogP contribution in [0.1, 0.15) is 23.1 Å². The summed E-state index contributed by atoms with van der Waals surface area (Å²) in [7, 11) is -3.15. The van der Waals surface area contributed by atoms with Crippen molar-refractivity contribution in [3.8, 4) is 0 Å². The van der Waals surface area contributed by atoms with E-state index in [1.54, 1.807) is 4.31 Å². The fraction of sp³-hybridized carbons (Fsp3) is 0.429. The molecule has 26 heavy (non-hydrogen) atoms. The van der Waals surface area contributed by atoms with Crippen molar-refractivity contribution in [2.75, 3.05) is 31.9 Å². The van der Waals surface area contributed by atoms with Crippen LogP contribution in [-0.4, -0.2) is 49.6 Å². The molecule has 1 saturated heterocycles. The number of benzene rings is 2. The van der Waals surface area contributed by atoms with Gasteiger partial charge >= 0.3 is 0 Å². The van der Waals surface area contributed by atoms with Crippen LogP contribution < -0.4 is 0 Å². The summed E-state index contributed by atoms with van der Waals surface area (Å²) >= 11 is 0. The van der Waals surface area contributed by atoms with Gasteiger partial charge in [-0.25, -0.2) is 8.42 Å². The van der Waals surface area contributed by atoms with Crippen molar-refractivity contribution in [2.24, 2.45) is 0 Å². The predicted molar refractivity (Wildman–Crippen MR) is 107 cm³/mol. The van der Waals surface area contributed by atoms with Crippen molar-refractivity contribution in [2.45, 2.75) is 26.3 Å². The van der Waals surface area contributed by atoms with E-state index >= 15 is 0 Å². The summed E-state index contributed by atoms with van der Waals surface area (Å²) < 4.78 is 26.9. The molecule has 1 fully saturated rings. The van der Waals surface area contributed by atoms with Crippen molar-refractivity contribution >= 4 is 10.0 Å². The van der Waals surface area contributed by atoms with E-state index in [-0.39, 0.29) is 5.75 Å². The van der Waals surface area contributed by atoms with Gasteiger partial charge < -0.3 is 0 Å². The second kappa shape index (κ2) is 8.80. The van der Waals surface area contributed by atoms with Gasteiger partial charge in [-0.15, -0.1) is 0 Å². The number of rotatable bonds is 7. The van der Waals surface area contributed by atoms with Gasteiger partial charge in [0.2, 0.25) is 10.0 Å². The molecule has 1 aliphatic rings. The lowest BCUT2D eigenvalue weighted by atomic mass is 10.1. The molecule has 5 heteroatoms. The molecule has 0 aromatic heterocycles. The highest BCUT2D eigenvalue weighted by Gasteiger charge is 2.26. The largest absolute Gasteiger partial charge is 0.296 e. The number of hydrogen-bond donors (Lipinski definition) is 0. The molecule has 1 heterocycles. The van der Waals surface area contributed by atoms with E-state index in [1.807, 2.05) is 18.2 Å². The van der Waals surface area contributed by atoms with Gasteiger partial charge in [-0.2, -0.15) is 4.31 Å². The lowest BCUT2D eigenvalue weighted by Crippen LogP contribution is -2.48. The van der Waals surface area contributed by atoms with E-state index in [1.165, 1.54) is 16.7 Å². The highest BCUT2D eigenvalue weighted by atomic mass is 32.2. The van der Waals surface area contributed by atoms with Crippen molar-refractivity contribution in [3.05, 3.63) is 71.3 Å². The van der Waals surface area contributed by atoms with Crippen LogP contribution in [0.5, 0.6) is 0 Å². The van der Waals surface area contributed by atoms with Gasteiger partial charge in [0.1, 0.15) is 0 Å². The molecule has 0 radical (unpaired) electrons. The minimum Gasteiger partial charge on any atom is -0.296 e. The molecule has 0 spiro atoms. The molecular weight excluding hydrogens is 344 g/mol. The molecule has 0 atom stereocenters. The van der Waals surface area contributed by atoms with Gasteiger partial charge in [0.05, 0.1) is 5.75 Å². The topological polar surface area (TPSA) is 40.6 Å². The monoisotopic (exact) mass is 372 g/mol. The van der Waals surface area contributed by atoms with Crippen LogP contribution in [0.3, 0.4) is 0 Å². The van der Waals surface area contributed by atoms with E-state index in [9.17, 15) is 8.42 Å². The molecule has 140 valence electrons. The summed E-state index contributed by atoms with van der Waals surface area (Å²) in [6.45, 7) is 5.81. The molecule has 1 aliphatic heterocycles. The summed E-state index contributed by atoms with van der Waals surface area (Å²) in [5.41, 5.74) is 3.82. The third kappa shape index (κ3) is 5.16. The normalized spacial score (nSPS) is 16.7. The zero-order chi connectivity index (χ0) is 18.4. The van der Waals surface area contributed by atoms with Gasteiger partial charge in [-0.05, 0) is 36.5 Å². The molecule has 2 aromatic rings. The van der Waals surface area contributed by atoms with Crippen LogP contribution in [0.4, 0.5) is 0 Å². The molecule has 0 saturated carbocycles. The molecule has 2 aromatic carbocycles. The number of sulfonamides is 1. The van der Waals surface area contributed by atoms with E-state index in [2.05, 4.69) is 48.2 Å². The smallest absolute Gasteiger partial charge is 0.214 e. The number of aryl methyl sites for hydroxylation is 2. The third-order valence-electron chi connectivity index (χ3n) is 5.09. The van der Waals surface area contributed by atoms with Crippen molar-refractivity contribution < 1.29 is 8.42 Å². The second-order valence-corrected chi connectivity index (χ2v) is 9.10. The first-order valence-electron chi connectivity index (χ1n) is 9.33. The Hall–Kier alpha value is -1.69. The molecular formula is C21H28N2O2S. The highest BCUT2D eigenvalue weighted by molar-refractivity contribution is 7.89. The Morgan fingerprint density at radius 2 is 1.54 bits per heavy atom. The van der Waals surface area contributed by atoms with Crippen LogP contribution >= 0.6 is 0 Å². The number of hydrogen-bond acceptors (Lipinski definition) is 3. The fourth-order valence-corrected chi connectivity index (χ4v) is 4.91. The van der Waals surface area contributed by atoms with Crippen LogP contribution in [0.15, 0.2) is 54.6 Å². The Bertz CT molecular complexity index is 798. The first kappa shape index (κ1) is 19.1. The minimum atomic E-state index is -3.15. The van der Waals surface area contributed by atoms with E-state index in [0.717, 1.165) is 26.1 Å². The average molecular weight is 373 g/mol. The summed E-state index contributed by atoms with van der Waals surface area (Å²) in [5.74, 6) is 0.236. The minimum absolute atomic E-state index is 0.236. The van der Waals surface area contributed by atoms with Crippen LogP contribution in [0.2, 0.25) is 0 Å². The molecule has 3 rings (SSSR count). The summed E-state index contributed by atoms with van der Waals surface area (Å²) in [5, 5.41) is 0. The fourth-order valence-electron chi connectivity index (χ4n) is 3.43. The highest BCUT2D eigenvalue weighted by Crippen LogP contribution is 2.15. The van der Waals surface area contributed by atoms with E-state index in [4.69, 9.17) is 0 Å². The molecule has 4 nitrogen and oxygen atoms in total. The Kier molecular flexibility index (Phi) is 6.46. The number of nitrogens with zero attached hydrogens (tertiary/aromatic N) is 2. The first-order valence-corrected chi connectivity index (χ1v) is 10.9. The Morgan fingerprint density at radius 1 is 0.885 bits per heavy atom. The van der Waals surface area contributed by atoms with E-state index in [0.29, 0.717) is 19.5 Å². The lowest BCUT2D eigenvalue weighted by Gasteiger charge is -2.34. The van der Waals surface area contributed by atoms with Crippen molar-refractivity contribution in [3.63, 3.8) is 0 Å². The SMILES string of the molecule is Cc1ccccc1CN1CCN(S(=O)(=O)CCCc2ccccc2)CC1. The maximum absolute atomic E-state index is 12.6. The van der Waals surface area contributed by atoms with Gasteiger partial charge in [0.25, 0.3) is 0 Å². The Morgan fingerprint density at radius 3 is 2.23 bits per heavy atom. The lowest BCUT2D eigenvalue weighted by molar-refractivity contribution is 0.181. The number of piperazine rings is 1. The average Bonchev–Trinajstić information content (AvgIpc) is 2.65. The van der Waals surface area contributed by atoms with E-state index < -0.39 is 10.0 Å². The van der Waals surface area contributed by atoms with Crippen LogP contribution in [0, 0.1) is 6.92 Å². The molecule has 0 unspecified atom stereocenters. The third-order valence-corrected chi connectivity index (χ3v) is 7.05. The summed E-state index contributed by atoms with van der Waals surface area (Å²) in [6, 6.07) is 18.5. The van der Waals surface area contributed by atoms with Crippen molar-refractivity contribution in [1.29, 1.82) is 0 Å². The predicted octanol–water partition coefficient (Wildman–Crippen LogP) is 3.08. The zero-order valence-electron chi connectivity index (χ0n) is 15.5. The van der Waals surface area contributed by atoms with Gasteiger partial charge in [0.15, 0.2) is 0 Å². The van der Waals surface area contributed by atoms with Crippen LogP contribution in [-0.2, 0) is 23.0 Å². The zero-order valence-corrected chi connectivity index (χ0v) is 16.3. The molecule has 0 bridgehead atoms. The van der Waals surface area contributed by atoms with Gasteiger partial charge in [-0.3, -0.25) is 4.90 Å². The molecule has 0 N–H and O–H groups in total. The maximum atomic E-state index is 12.6. The first-order chi connectivity index (χ1) is 12.5. The Balaban J connectivity index is 1.46. The quantitative estimate of drug-likeness (QED) is 0.750. The van der Waals surface area contributed by atoms with Gasteiger partial charge in [0, 0.05) is 32.7 Å².